The first-order valence-corrected chi connectivity index (χ1v) is 10.2. The summed E-state index contributed by atoms with van der Waals surface area (Å²) < 4.78 is 1.46. The molecule has 1 atom stereocenters. The Morgan fingerprint density at radius 1 is 0.935 bits per heavy atom. The number of imide groups is 1. The fourth-order valence-electron chi connectivity index (χ4n) is 3.86. The highest BCUT2D eigenvalue weighted by Crippen LogP contribution is 2.18. The largest absolute Gasteiger partial charge is 0.338 e. The molecule has 4 rings (SSSR count). The van der Waals surface area contributed by atoms with E-state index < -0.39 is 6.04 Å². The summed E-state index contributed by atoms with van der Waals surface area (Å²) in [6.45, 7) is 1.18. The van der Waals surface area contributed by atoms with Gasteiger partial charge in [-0.15, -0.1) is 5.10 Å². The standard InChI is InChI=1S/C20H23N7O4/c28-17-6-7-18(29)26(17)13-19(30)24-8-10-25(11-9-24)20(31)16(27-14-21-22-23-27)12-15-4-2-1-3-5-15/h1-5,14,16H,6-13H2. The van der Waals surface area contributed by atoms with Gasteiger partial charge in [-0.2, -0.15) is 0 Å². The van der Waals surface area contributed by atoms with Gasteiger partial charge in [-0.25, -0.2) is 4.68 Å². The zero-order valence-corrected chi connectivity index (χ0v) is 17.0. The van der Waals surface area contributed by atoms with E-state index in [-0.39, 0.29) is 43.0 Å². The maximum atomic E-state index is 13.3. The zero-order chi connectivity index (χ0) is 21.8. The molecule has 1 aromatic heterocycles. The fourth-order valence-corrected chi connectivity index (χ4v) is 3.86. The highest BCUT2D eigenvalue weighted by atomic mass is 16.2. The van der Waals surface area contributed by atoms with Gasteiger partial charge in [-0.05, 0) is 16.0 Å². The quantitative estimate of drug-likeness (QED) is 0.560. The molecule has 4 amide bonds. The van der Waals surface area contributed by atoms with Crippen LogP contribution in [0.2, 0.25) is 0 Å². The van der Waals surface area contributed by atoms with Gasteiger partial charge in [0.05, 0.1) is 0 Å². The molecule has 2 aliphatic heterocycles. The van der Waals surface area contributed by atoms with Crippen molar-refractivity contribution in [3.05, 3.63) is 42.2 Å². The van der Waals surface area contributed by atoms with E-state index in [1.54, 1.807) is 9.80 Å². The Morgan fingerprint density at radius 2 is 1.58 bits per heavy atom. The number of hydrogen-bond acceptors (Lipinski definition) is 7. The van der Waals surface area contributed by atoms with E-state index in [4.69, 9.17) is 0 Å². The molecule has 2 aliphatic rings. The third kappa shape index (κ3) is 4.60. The van der Waals surface area contributed by atoms with Crippen LogP contribution in [0, 0.1) is 0 Å². The first kappa shape index (κ1) is 20.6. The van der Waals surface area contributed by atoms with Crippen LogP contribution in [0.1, 0.15) is 24.4 Å². The first-order chi connectivity index (χ1) is 15.0. The molecule has 0 N–H and O–H groups in total. The van der Waals surface area contributed by atoms with Crippen LogP contribution in [0.5, 0.6) is 0 Å². The number of carbonyl (C=O) groups excluding carboxylic acids is 4. The summed E-state index contributed by atoms with van der Waals surface area (Å²) in [5.41, 5.74) is 0.991. The van der Waals surface area contributed by atoms with Crippen LogP contribution in [0.15, 0.2) is 36.7 Å². The number of rotatable bonds is 6. The van der Waals surface area contributed by atoms with Gasteiger partial charge in [0.15, 0.2) is 0 Å². The maximum absolute atomic E-state index is 13.3. The van der Waals surface area contributed by atoms with Gasteiger partial charge < -0.3 is 9.80 Å². The van der Waals surface area contributed by atoms with Crippen LogP contribution in [-0.4, -0.2) is 91.3 Å². The van der Waals surface area contributed by atoms with Crippen molar-refractivity contribution in [2.75, 3.05) is 32.7 Å². The Hall–Kier alpha value is -3.63. The van der Waals surface area contributed by atoms with Crippen LogP contribution < -0.4 is 0 Å². The third-order valence-corrected chi connectivity index (χ3v) is 5.63. The molecule has 31 heavy (non-hydrogen) atoms. The molecule has 162 valence electrons. The summed E-state index contributed by atoms with van der Waals surface area (Å²) in [4.78, 5) is 53.6. The minimum Gasteiger partial charge on any atom is -0.338 e. The van der Waals surface area contributed by atoms with Crippen molar-refractivity contribution in [3.63, 3.8) is 0 Å². The summed E-state index contributed by atoms with van der Waals surface area (Å²) >= 11 is 0. The maximum Gasteiger partial charge on any atom is 0.248 e. The summed E-state index contributed by atoms with van der Waals surface area (Å²) in [5.74, 6) is -1.01. The second-order valence-corrected chi connectivity index (χ2v) is 7.58. The van der Waals surface area contributed by atoms with E-state index in [0.717, 1.165) is 10.5 Å². The number of amides is 4. The number of piperazine rings is 1. The summed E-state index contributed by atoms with van der Waals surface area (Å²) in [7, 11) is 0. The average molecular weight is 425 g/mol. The Balaban J connectivity index is 1.37. The molecule has 0 spiro atoms. The molecular formula is C20H23N7O4. The molecule has 1 unspecified atom stereocenters. The fraction of sp³-hybridized carbons (Fsp3) is 0.450. The Labute approximate surface area is 178 Å². The van der Waals surface area contributed by atoms with Crippen molar-refractivity contribution in [3.8, 4) is 0 Å². The molecule has 1 aromatic carbocycles. The van der Waals surface area contributed by atoms with Gasteiger partial charge in [0.1, 0.15) is 18.9 Å². The van der Waals surface area contributed by atoms with Crippen molar-refractivity contribution in [1.29, 1.82) is 0 Å². The molecule has 0 bridgehead atoms. The number of aromatic nitrogens is 4. The van der Waals surface area contributed by atoms with E-state index in [9.17, 15) is 19.2 Å². The van der Waals surface area contributed by atoms with Crippen molar-refractivity contribution < 1.29 is 19.2 Å². The van der Waals surface area contributed by atoms with Gasteiger partial charge >= 0.3 is 0 Å². The predicted octanol–water partition coefficient (Wildman–Crippen LogP) is -0.723. The SMILES string of the molecule is O=C(CN1C(=O)CCC1=O)N1CCN(C(=O)C(Cc2ccccc2)n2cnnn2)CC1. The number of benzene rings is 1. The van der Waals surface area contributed by atoms with Gasteiger partial charge in [0.25, 0.3) is 0 Å². The molecule has 2 saturated heterocycles. The third-order valence-electron chi connectivity index (χ3n) is 5.63. The van der Waals surface area contributed by atoms with Gasteiger partial charge in [-0.3, -0.25) is 24.1 Å². The Kier molecular flexibility index (Phi) is 6.01. The van der Waals surface area contributed by atoms with Gasteiger partial charge in [-0.1, -0.05) is 30.3 Å². The normalized spacial score (nSPS) is 17.9. The zero-order valence-electron chi connectivity index (χ0n) is 17.0. The molecule has 0 aliphatic carbocycles. The number of nitrogens with zero attached hydrogens (tertiary/aromatic N) is 7. The topological polar surface area (TPSA) is 122 Å². The Morgan fingerprint density at radius 3 is 2.19 bits per heavy atom. The van der Waals surface area contributed by atoms with E-state index in [1.165, 1.54) is 11.0 Å². The lowest BCUT2D eigenvalue weighted by Crippen LogP contribution is -2.54. The number of tetrazole rings is 1. The molecule has 11 nitrogen and oxygen atoms in total. The lowest BCUT2D eigenvalue weighted by molar-refractivity contribution is -0.147. The monoisotopic (exact) mass is 425 g/mol. The van der Waals surface area contributed by atoms with Crippen LogP contribution in [-0.2, 0) is 25.6 Å². The summed E-state index contributed by atoms with van der Waals surface area (Å²) in [5, 5.41) is 11.2. The van der Waals surface area contributed by atoms with E-state index in [1.807, 2.05) is 30.3 Å². The lowest BCUT2D eigenvalue weighted by atomic mass is 10.0. The van der Waals surface area contributed by atoms with E-state index in [2.05, 4.69) is 15.5 Å². The molecule has 2 aromatic rings. The van der Waals surface area contributed by atoms with Crippen molar-refractivity contribution in [1.82, 2.24) is 34.9 Å². The van der Waals surface area contributed by atoms with E-state index >= 15 is 0 Å². The highest BCUT2D eigenvalue weighted by Gasteiger charge is 2.34. The van der Waals surface area contributed by atoms with Crippen molar-refractivity contribution in [2.45, 2.75) is 25.3 Å². The molecule has 11 heteroatoms. The van der Waals surface area contributed by atoms with Crippen molar-refractivity contribution in [2.24, 2.45) is 0 Å². The van der Waals surface area contributed by atoms with Crippen LogP contribution in [0.3, 0.4) is 0 Å². The second-order valence-electron chi connectivity index (χ2n) is 7.58. The molecular weight excluding hydrogens is 402 g/mol. The summed E-state index contributed by atoms with van der Waals surface area (Å²) in [6.07, 6.45) is 2.20. The van der Waals surface area contributed by atoms with Gasteiger partial charge in [0, 0.05) is 45.4 Å². The first-order valence-electron chi connectivity index (χ1n) is 10.2. The molecule has 0 saturated carbocycles. The molecule has 0 radical (unpaired) electrons. The number of hydrogen-bond donors (Lipinski definition) is 0. The molecule has 3 heterocycles. The lowest BCUT2D eigenvalue weighted by Gasteiger charge is -2.36. The predicted molar refractivity (Wildman–Crippen MR) is 106 cm³/mol. The molecule has 2 fully saturated rings. The highest BCUT2D eigenvalue weighted by molar-refractivity contribution is 6.04. The minimum absolute atomic E-state index is 0.117. The van der Waals surface area contributed by atoms with Crippen LogP contribution in [0.25, 0.3) is 0 Å². The second kappa shape index (κ2) is 9.02. The smallest absolute Gasteiger partial charge is 0.248 e. The average Bonchev–Trinajstić information content (AvgIpc) is 3.44. The summed E-state index contributed by atoms with van der Waals surface area (Å²) in [6, 6.07) is 9.05. The Bertz CT molecular complexity index is 939. The van der Waals surface area contributed by atoms with E-state index in [0.29, 0.717) is 32.6 Å². The van der Waals surface area contributed by atoms with Crippen molar-refractivity contribution >= 4 is 23.6 Å². The number of likely N-dealkylation sites (tertiary alicyclic amines) is 1. The minimum atomic E-state index is -0.584. The van der Waals surface area contributed by atoms with Crippen LogP contribution >= 0.6 is 0 Å². The van der Waals surface area contributed by atoms with Crippen LogP contribution in [0.4, 0.5) is 0 Å². The van der Waals surface area contributed by atoms with Gasteiger partial charge in [0.2, 0.25) is 23.6 Å². The number of carbonyl (C=O) groups is 4.